The minimum absolute atomic E-state index is 0.00516. The first-order valence-corrected chi connectivity index (χ1v) is 8.31. The van der Waals surface area contributed by atoms with Crippen molar-refractivity contribution in [2.75, 3.05) is 10.6 Å². The van der Waals surface area contributed by atoms with Gasteiger partial charge in [0, 0.05) is 35.7 Å². The molecular weight excluding hydrogens is 379 g/mol. The summed E-state index contributed by atoms with van der Waals surface area (Å²) in [6.45, 7) is 2.17. The number of hydrogen-bond donors (Lipinski definition) is 2. The van der Waals surface area contributed by atoms with Gasteiger partial charge in [0.1, 0.15) is 5.82 Å². The predicted molar refractivity (Wildman–Crippen MR) is 98.1 cm³/mol. The summed E-state index contributed by atoms with van der Waals surface area (Å²) in [4.78, 5) is 12.5. The Morgan fingerprint density at radius 1 is 1.11 bits per heavy atom. The summed E-state index contributed by atoms with van der Waals surface area (Å²) < 4.78 is 39.7. The molecule has 0 aliphatic carbocycles. The van der Waals surface area contributed by atoms with E-state index in [1.165, 1.54) is 12.1 Å². The van der Waals surface area contributed by atoms with Crippen LogP contribution in [0, 0.1) is 6.92 Å². The molecule has 9 heteroatoms. The maximum absolute atomic E-state index is 13.2. The molecule has 27 heavy (non-hydrogen) atoms. The molecule has 140 valence electrons. The standard InChI is InChI=1S/C18H15ClF3N5/c1-11-7-16(26-15-5-4-13(19)8-14(15)18(20,21)22)27-17(25-11)24-10-12-3-2-6-23-9-12/h2-9H,10H2,1H3,(H2,24,25,26,27). The summed E-state index contributed by atoms with van der Waals surface area (Å²) in [7, 11) is 0. The van der Waals surface area contributed by atoms with Gasteiger partial charge in [-0.1, -0.05) is 17.7 Å². The molecule has 0 amide bonds. The lowest BCUT2D eigenvalue weighted by molar-refractivity contribution is -0.136. The highest BCUT2D eigenvalue weighted by molar-refractivity contribution is 6.30. The Morgan fingerprint density at radius 3 is 2.63 bits per heavy atom. The van der Waals surface area contributed by atoms with E-state index in [1.807, 2.05) is 6.07 Å². The molecule has 0 fully saturated rings. The number of hydrogen-bond acceptors (Lipinski definition) is 5. The largest absolute Gasteiger partial charge is 0.418 e. The maximum Gasteiger partial charge on any atom is 0.418 e. The van der Waals surface area contributed by atoms with Crippen LogP contribution in [0.5, 0.6) is 0 Å². The Balaban J connectivity index is 1.83. The van der Waals surface area contributed by atoms with Gasteiger partial charge in [0.25, 0.3) is 0 Å². The summed E-state index contributed by atoms with van der Waals surface area (Å²) in [6, 6.07) is 8.78. The van der Waals surface area contributed by atoms with Crippen LogP contribution < -0.4 is 10.6 Å². The quantitative estimate of drug-likeness (QED) is 0.623. The normalized spacial score (nSPS) is 11.3. The minimum atomic E-state index is -4.54. The molecule has 2 N–H and O–H groups in total. The number of halogens is 4. The van der Waals surface area contributed by atoms with Gasteiger partial charge in [-0.05, 0) is 36.8 Å². The highest BCUT2D eigenvalue weighted by atomic mass is 35.5. The van der Waals surface area contributed by atoms with E-state index < -0.39 is 11.7 Å². The molecule has 5 nitrogen and oxygen atoms in total. The topological polar surface area (TPSA) is 62.7 Å². The second kappa shape index (κ2) is 7.79. The van der Waals surface area contributed by atoms with Crippen molar-refractivity contribution in [1.82, 2.24) is 15.0 Å². The van der Waals surface area contributed by atoms with Gasteiger partial charge in [-0.25, -0.2) is 4.98 Å². The smallest absolute Gasteiger partial charge is 0.350 e. The average Bonchev–Trinajstić information content (AvgIpc) is 2.61. The number of pyridine rings is 1. The molecule has 0 saturated carbocycles. The van der Waals surface area contributed by atoms with Crippen LogP contribution in [-0.2, 0) is 12.7 Å². The van der Waals surface area contributed by atoms with Crippen LogP contribution >= 0.6 is 11.6 Å². The number of benzene rings is 1. The Morgan fingerprint density at radius 2 is 1.93 bits per heavy atom. The van der Waals surface area contributed by atoms with Crippen LogP contribution in [-0.4, -0.2) is 15.0 Å². The number of nitrogens with one attached hydrogen (secondary N) is 2. The van der Waals surface area contributed by atoms with E-state index >= 15 is 0 Å². The lowest BCUT2D eigenvalue weighted by atomic mass is 10.1. The molecule has 0 spiro atoms. The van der Waals surface area contributed by atoms with Crippen molar-refractivity contribution in [3.8, 4) is 0 Å². The summed E-state index contributed by atoms with van der Waals surface area (Å²) in [5.41, 5.74) is 0.525. The van der Waals surface area contributed by atoms with E-state index in [0.29, 0.717) is 18.2 Å². The van der Waals surface area contributed by atoms with Crippen LogP contribution in [0.3, 0.4) is 0 Å². The number of nitrogens with zero attached hydrogens (tertiary/aromatic N) is 3. The highest BCUT2D eigenvalue weighted by Crippen LogP contribution is 2.37. The van der Waals surface area contributed by atoms with Crippen molar-refractivity contribution in [1.29, 1.82) is 0 Å². The Hall–Kier alpha value is -2.87. The van der Waals surface area contributed by atoms with E-state index in [4.69, 9.17) is 11.6 Å². The van der Waals surface area contributed by atoms with Crippen LogP contribution in [0.15, 0.2) is 48.8 Å². The molecule has 0 unspecified atom stereocenters. The Labute approximate surface area is 158 Å². The molecular formula is C18H15ClF3N5. The predicted octanol–water partition coefficient (Wildman–Crippen LogP) is 5.21. The van der Waals surface area contributed by atoms with E-state index in [1.54, 1.807) is 31.5 Å². The average molecular weight is 394 g/mol. The molecule has 2 aromatic heterocycles. The second-order valence-electron chi connectivity index (χ2n) is 5.75. The monoisotopic (exact) mass is 393 g/mol. The molecule has 3 aromatic rings. The van der Waals surface area contributed by atoms with Gasteiger partial charge in [0.2, 0.25) is 5.95 Å². The third kappa shape index (κ3) is 5.07. The number of anilines is 3. The maximum atomic E-state index is 13.2. The zero-order valence-corrected chi connectivity index (χ0v) is 14.9. The van der Waals surface area contributed by atoms with E-state index in [-0.39, 0.29) is 16.5 Å². The number of alkyl halides is 3. The molecule has 0 radical (unpaired) electrons. The lowest BCUT2D eigenvalue weighted by Gasteiger charge is -2.15. The number of rotatable bonds is 5. The van der Waals surface area contributed by atoms with Crippen molar-refractivity contribution in [2.45, 2.75) is 19.6 Å². The van der Waals surface area contributed by atoms with Gasteiger partial charge in [-0.3, -0.25) is 4.98 Å². The van der Waals surface area contributed by atoms with Crippen molar-refractivity contribution < 1.29 is 13.2 Å². The van der Waals surface area contributed by atoms with Gasteiger partial charge in [0.15, 0.2) is 0 Å². The summed E-state index contributed by atoms with van der Waals surface area (Å²) in [5.74, 6) is 0.535. The molecule has 3 rings (SSSR count). The fraction of sp³-hybridized carbons (Fsp3) is 0.167. The molecule has 0 bridgehead atoms. The fourth-order valence-electron chi connectivity index (χ4n) is 2.39. The van der Waals surface area contributed by atoms with Gasteiger partial charge >= 0.3 is 6.18 Å². The van der Waals surface area contributed by atoms with Crippen molar-refractivity contribution in [3.63, 3.8) is 0 Å². The lowest BCUT2D eigenvalue weighted by Crippen LogP contribution is -2.10. The second-order valence-corrected chi connectivity index (χ2v) is 6.18. The first kappa shape index (κ1) is 18.9. The number of aromatic nitrogens is 3. The van der Waals surface area contributed by atoms with Crippen LogP contribution in [0.1, 0.15) is 16.8 Å². The van der Waals surface area contributed by atoms with Gasteiger partial charge in [-0.2, -0.15) is 18.2 Å². The SMILES string of the molecule is Cc1cc(Nc2ccc(Cl)cc2C(F)(F)F)nc(NCc2cccnc2)n1. The molecule has 0 saturated heterocycles. The van der Waals surface area contributed by atoms with Gasteiger partial charge in [0.05, 0.1) is 11.3 Å². The van der Waals surface area contributed by atoms with E-state index in [0.717, 1.165) is 11.6 Å². The molecule has 2 heterocycles. The molecule has 0 aliphatic heterocycles. The van der Waals surface area contributed by atoms with Crippen molar-refractivity contribution >= 4 is 29.1 Å². The van der Waals surface area contributed by atoms with Crippen molar-refractivity contribution in [2.24, 2.45) is 0 Å². The summed E-state index contributed by atoms with van der Waals surface area (Å²) >= 11 is 5.71. The zero-order valence-electron chi connectivity index (χ0n) is 14.2. The fourth-order valence-corrected chi connectivity index (χ4v) is 2.57. The highest BCUT2D eigenvalue weighted by Gasteiger charge is 2.34. The van der Waals surface area contributed by atoms with Gasteiger partial charge in [-0.15, -0.1) is 0 Å². The van der Waals surface area contributed by atoms with Crippen LogP contribution in [0.4, 0.5) is 30.6 Å². The third-order valence-corrected chi connectivity index (χ3v) is 3.81. The first-order chi connectivity index (χ1) is 12.8. The minimum Gasteiger partial charge on any atom is -0.350 e. The van der Waals surface area contributed by atoms with E-state index in [9.17, 15) is 13.2 Å². The first-order valence-electron chi connectivity index (χ1n) is 7.93. The Kier molecular flexibility index (Phi) is 5.46. The summed E-state index contributed by atoms with van der Waals surface area (Å²) in [5, 5.41) is 5.75. The van der Waals surface area contributed by atoms with Gasteiger partial charge < -0.3 is 10.6 Å². The van der Waals surface area contributed by atoms with Crippen LogP contribution in [0.2, 0.25) is 5.02 Å². The Bertz CT molecular complexity index is 932. The molecule has 0 aliphatic rings. The zero-order chi connectivity index (χ0) is 19.4. The van der Waals surface area contributed by atoms with Crippen LogP contribution in [0.25, 0.3) is 0 Å². The van der Waals surface area contributed by atoms with E-state index in [2.05, 4.69) is 25.6 Å². The van der Waals surface area contributed by atoms with Crippen molar-refractivity contribution in [3.05, 3.63) is 70.6 Å². The third-order valence-electron chi connectivity index (χ3n) is 3.58. The molecule has 1 aromatic carbocycles. The molecule has 0 atom stereocenters. The summed E-state index contributed by atoms with van der Waals surface area (Å²) in [6.07, 6.45) is -1.18. The number of aryl methyl sites for hydroxylation is 1.